The minimum absolute atomic E-state index is 0.00496. The molecule has 116 valence electrons. The number of amides is 1. The Balaban J connectivity index is 2.75. The van der Waals surface area contributed by atoms with Crippen LogP contribution in [-0.2, 0) is 4.79 Å². The standard InChI is InChI=1S/C15H23N3O3/c1-10(2)7-12(9-16)8-15(19)17-13-5-4-6-14(11(13)3)18(20)21/h4-6,10,12H,7-9,16H2,1-3H3,(H,17,19). The largest absolute Gasteiger partial charge is 0.330 e. The van der Waals surface area contributed by atoms with Crippen molar-refractivity contribution in [3.05, 3.63) is 33.9 Å². The molecule has 0 saturated carbocycles. The van der Waals surface area contributed by atoms with Gasteiger partial charge in [0.2, 0.25) is 5.91 Å². The van der Waals surface area contributed by atoms with Crippen LogP contribution in [0.4, 0.5) is 11.4 Å². The molecular weight excluding hydrogens is 270 g/mol. The molecule has 0 aliphatic heterocycles. The second-order valence-electron chi connectivity index (χ2n) is 5.69. The number of benzene rings is 1. The molecule has 21 heavy (non-hydrogen) atoms. The number of carbonyl (C=O) groups excluding carboxylic acids is 1. The lowest BCUT2D eigenvalue weighted by Gasteiger charge is -2.17. The van der Waals surface area contributed by atoms with E-state index in [1.54, 1.807) is 19.1 Å². The van der Waals surface area contributed by atoms with Crippen LogP contribution in [0.2, 0.25) is 0 Å². The van der Waals surface area contributed by atoms with Gasteiger partial charge >= 0.3 is 0 Å². The number of nitrogens with zero attached hydrogens (tertiary/aromatic N) is 1. The van der Waals surface area contributed by atoms with Crippen molar-refractivity contribution in [1.82, 2.24) is 0 Å². The minimum Gasteiger partial charge on any atom is -0.330 e. The van der Waals surface area contributed by atoms with E-state index < -0.39 is 4.92 Å². The molecule has 1 amide bonds. The molecule has 1 atom stereocenters. The quantitative estimate of drug-likeness (QED) is 0.596. The molecule has 1 aromatic carbocycles. The Bertz CT molecular complexity index is 515. The lowest BCUT2D eigenvalue weighted by molar-refractivity contribution is -0.385. The molecule has 6 heteroatoms. The van der Waals surface area contributed by atoms with E-state index >= 15 is 0 Å². The van der Waals surface area contributed by atoms with Gasteiger partial charge in [0, 0.05) is 12.5 Å². The summed E-state index contributed by atoms with van der Waals surface area (Å²) in [4.78, 5) is 22.5. The van der Waals surface area contributed by atoms with E-state index in [1.807, 2.05) is 0 Å². The third kappa shape index (κ3) is 5.15. The van der Waals surface area contributed by atoms with E-state index in [9.17, 15) is 14.9 Å². The number of hydrogen-bond acceptors (Lipinski definition) is 4. The number of nitrogens with two attached hydrogens (primary N) is 1. The van der Waals surface area contributed by atoms with Gasteiger partial charge < -0.3 is 11.1 Å². The zero-order valence-corrected chi connectivity index (χ0v) is 12.8. The molecule has 0 saturated heterocycles. The Morgan fingerprint density at radius 1 is 1.43 bits per heavy atom. The van der Waals surface area contributed by atoms with Crippen molar-refractivity contribution in [1.29, 1.82) is 0 Å². The average molecular weight is 293 g/mol. The lowest BCUT2D eigenvalue weighted by atomic mass is 9.94. The highest BCUT2D eigenvalue weighted by molar-refractivity contribution is 5.92. The molecule has 0 aliphatic carbocycles. The number of nitrogens with one attached hydrogen (secondary N) is 1. The van der Waals surface area contributed by atoms with Crippen molar-refractivity contribution in [2.24, 2.45) is 17.6 Å². The molecule has 0 heterocycles. The minimum atomic E-state index is -0.452. The fourth-order valence-electron chi connectivity index (χ4n) is 2.35. The van der Waals surface area contributed by atoms with E-state index in [1.165, 1.54) is 6.07 Å². The van der Waals surface area contributed by atoms with Crippen LogP contribution in [-0.4, -0.2) is 17.4 Å². The topological polar surface area (TPSA) is 98.3 Å². The van der Waals surface area contributed by atoms with Gasteiger partial charge in [0.1, 0.15) is 0 Å². The van der Waals surface area contributed by atoms with Gasteiger partial charge in [0.05, 0.1) is 16.2 Å². The van der Waals surface area contributed by atoms with Crippen molar-refractivity contribution >= 4 is 17.3 Å². The van der Waals surface area contributed by atoms with E-state index in [2.05, 4.69) is 19.2 Å². The molecule has 0 radical (unpaired) electrons. The Hall–Kier alpha value is -1.95. The van der Waals surface area contributed by atoms with Crippen LogP contribution < -0.4 is 11.1 Å². The number of anilines is 1. The number of nitro groups is 1. The molecular formula is C15H23N3O3. The first-order chi connectivity index (χ1) is 9.85. The van der Waals surface area contributed by atoms with Crippen molar-refractivity contribution in [3.63, 3.8) is 0 Å². The zero-order valence-electron chi connectivity index (χ0n) is 12.8. The second-order valence-corrected chi connectivity index (χ2v) is 5.69. The highest BCUT2D eigenvalue weighted by atomic mass is 16.6. The third-order valence-electron chi connectivity index (χ3n) is 3.39. The second kappa shape index (κ2) is 7.73. The zero-order chi connectivity index (χ0) is 16.0. The van der Waals surface area contributed by atoms with Gasteiger partial charge in [-0.15, -0.1) is 0 Å². The van der Waals surface area contributed by atoms with Crippen LogP contribution in [0, 0.1) is 28.9 Å². The van der Waals surface area contributed by atoms with Gasteiger partial charge in [-0.2, -0.15) is 0 Å². The molecule has 0 aliphatic rings. The summed E-state index contributed by atoms with van der Waals surface area (Å²) in [7, 11) is 0. The van der Waals surface area contributed by atoms with Crippen molar-refractivity contribution in [2.45, 2.75) is 33.6 Å². The first-order valence-corrected chi connectivity index (χ1v) is 7.09. The average Bonchev–Trinajstić information content (AvgIpc) is 2.39. The maximum atomic E-state index is 12.1. The number of nitro benzene ring substituents is 1. The van der Waals surface area contributed by atoms with Crippen LogP contribution in [0.5, 0.6) is 0 Å². The molecule has 0 bridgehead atoms. The van der Waals surface area contributed by atoms with Gasteiger partial charge in [-0.05, 0) is 37.8 Å². The number of carbonyl (C=O) groups is 1. The molecule has 0 aromatic heterocycles. The van der Waals surface area contributed by atoms with Crippen LogP contribution in [0.25, 0.3) is 0 Å². The molecule has 0 spiro atoms. The SMILES string of the molecule is Cc1c(NC(=O)CC(CN)CC(C)C)cccc1[N+](=O)[O-]. The third-order valence-corrected chi connectivity index (χ3v) is 3.39. The summed E-state index contributed by atoms with van der Waals surface area (Å²) in [5.74, 6) is 0.449. The van der Waals surface area contributed by atoms with Crippen molar-refractivity contribution < 1.29 is 9.72 Å². The predicted octanol–water partition coefficient (Wildman–Crippen LogP) is 2.85. The summed E-state index contributed by atoms with van der Waals surface area (Å²) >= 11 is 0. The molecule has 1 rings (SSSR count). The van der Waals surface area contributed by atoms with Crippen molar-refractivity contribution in [2.75, 3.05) is 11.9 Å². The van der Waals surface area contributed by atoms with Crippen LogP contribution >= 0.6 is 0 Å². The smallest absolute Gasteiger partial charge is 0.274 e. The highest BCUT2D eigenvalue weighted by Gasteiger charge is 2.17. The van der Waals surface area contributed by atoms with Crippen LogP contribution in [0.1, 0.15) is 32.3 Å². The Labute approximate surface area is 124 Å². The van der Waals surface area contributed by atoms with Crippen LogP contribution in [0.15, 0.2) is 18.2 Å². The van der Waals surface area contributed by atoms with Gasteiger partial charge in [0.15, 0.2) is 0 Å². The van der Waals surface area contributed by atoms with Crippen molar-refractivity contribution in [3.8, 4) is 0 Å². The summed E-state index contributed by atoms with van der Waals surface area (Å²) in [5.41, 5.74) is 6.64. The summed E-state index contributed by atoms with van der Waals surface area (Å²) in [6.45, 7) is 6.26. The first kappa shape index (κ1) is 17.1. The summed E-state index contributed by atoms with van der Waals surface area (Å²) in [6.07, 6.45) is 1.22. The summed E-state index contributed by atoms with van der Waals surface area (Å²) in [5, 5.41) is 13.6. The van der Waals surface area contributed by atoms with Gasteiger partial charge in [-0.3, -0.25) is 14.9 Å². The molecule has 6 nitrogen and oxygen atoms in total. The highest BCUT2D eigenvalue weighted by Crippen LogP contribution is 2.25. The Morgan fingerprint density at radius 2 is 2.10 bits per heavy atom. The van der Waals surface area contributed by atoms with E-state index in [-0.39, 0.29) is 17.5 Å². The summed E-state index contributed by atoms with van der Waals surface area (Å²) < 4.78 is 0. The van der Waals surface area contributed by atoms with Gasteiger partial charge in [-0.25, -0.2) is 0 Å². The van der Waals surface area contributed by atoms with Gasteiger partial charge in [-0.1, -0.05) is 19.9 Å². The summed E-state index contributed by atoms with van der Waals surface area (Å²) in [6, 6.07) is 4.65. The normalized spacial score (nSPS) is 12.2. The number of hydrogen-bond donors (Lipinski definition) is 2. The lowest BCUT2D eigenvalue weighted by Crippen LogP contribution is -2.23. The maximum Gasteiger partial charge on any atom is 0.274 e. The number of rotatable bonds is 7. The molecule has 1 unspecified atom stereocenters. The maximum absolute atomic E-state index is 12.1. The Morgan fingerprint density at radius 3 is 2.62 bits per heavy atom. The molecule has 1 aromatic rings. The molecule has 3 N–H and O–H groups in total. The molecule has 0 fully saturated rings. The van der Waals surface area contributed by atoms with Crippen LogP contribution in [0.3, 0.4) is 0 Å². The fraction of sp³-hybridized carbons (Fsp3) is 0.533. The monoisotopic (exact) mass is 293 g/mol. The Kier molecular flexibility index (Phi) is 6.30. The predicted molar refractivity (Wildman–Crippen MR) is 83.1 cm³/mol. The first-order valence-electron chi connectivity index (χ1n) is 7.09. The van der Waals surface area contributed by atoms with E-state index in [4.69, 9.17) is 5.73 Å². The van der Waals surface area contributed by atoms with E-state index in [0.717, 1.165) is 6.42 Å². The fourth-order valence-corrected chi connectivity index (χ4v) is 2.35. The van der Waals surface area contributed by atoms with E-state index in [0.29, 0.717) is 30.1 Å². The van der Waals surface area contributed by atoms with Gasteiger partial charge in [0.25, 0.3) is 5.69 Å².